The molecular formula is C15H18ClNO3. The number of hydrogen-bond donors (Lipinski definition) is 1. The summed E-state index contributed by atoms with van der Waals surface area (Å²) in [5, 5.41) is 4.33. The number of nitrogens with one attached hydrogen (secondary N) is 1. The molecule has 0 aliphatic heterocycles. The summed E-state index contributed by atoms with van der Waals surface area (Å²) in [6.07, 6.45) is 0.782. The molecule has 0 spiro atoms. The molecule has 2 rings (SSSR count). The van der Waals surface area contributed by atoms with Gasteiger partial charge in [0, 0.05) is 35.7 Å². The molecule has 108 valence electrons. The first-order valence-corrected chi connectivity index (χ1v) is 7.06. The average Bonchev–Trinajstić information content (AvgIpc) is 2.76. The molecule has 0 atom stereocenters. The van der Waals surface area contributed by atoms with Crippen LogP contribution in [0.3, 0.4) is 0 Å². The molecule has 1 amide bonds. The lowest BCUT2D eigenvalue weighted by Crippen LogP contribution is -2.25. The van der Waals surface area contributed by atoms with Gasteiger partial charge in [0.25, 0.3) is 5.91 Å². The minimum absolute atomic E-state index is 0.202. The molecule has 0 radical (unpaired) electrons. The Kier molecular flexibility index (Phi) is 5.04. The van der Waals surface area contributed by atoms with E-state index in [2.05, 4.69) is 5.32 Å². The number of ether oxygens (including phenoxy) is 1. The van der Waals surface area contributed by atoms with Crippen LogP contribution >= 0.6 is 11.6 Å². The van der Waals surface area contributed by atoms with Crippen LogP contribution in [0.5, 0.6) is 0 Å². The van der Waals surface area contributed by atoms with Crippen LogP contribution in [-0.4, -0.2) is 25.7 Å². The zero-order chi connectivity index (χ0) is 14.5. The molecule has 1 heterocycles. The first kappa shape index (κ1) is 14.9. The lowest BCUT2D eigenvalue weighted by Gasteiger charge is -2.03. The molecular weight excluding hydrogens is 278 g/mol. The van der Waals surface area contributed by atoms with E-state index in [9.17, 15) is 4.79 Å². The van der Waals surface area contributed by atoms with Gasteiger partial charge >= 0.3 is 0 Å². The van der Waals surface area contributed by atoms with Gasteiger partial charge in [0.1, 0.15) is 5.58 Å². The number of furan rings is 1. The smallest absolute Gasteiger partial charge is 0.287 e. The number of carbonyl (C=O) groups is 1. The maximum absolute atomic E-state index is 12.1. The van der Waals surface area contributed by atoms with Gasteiger partial charge in [-0.3, -0.25) is 4.79 Å². The van der Waals surface area contributed by atoms with Crippen molar-refractivity contribution in [3.8, 4) is 0 Å². The molecule has 20 heavy (non-hydrogen) atoms. The van der Waals surface area contributed by atoms with E-state index in [-0.39, 0.29) is 5.91 Å². The summed E-state index contributed by atoms with van der Waals surface area (Å²) >= 11 is 5.96. The second-order valence-electron chi connectivity index (χ2n) is 4.50. The lowest BCUT2D eigenvalue weighted by molar-refractivity contribution is 0.0918. The molecule has 0 bridgehead atoms. The van der Waals surface area contributed by atoms with Crippen LogP contribution in [0.4, 0.5) is 0 Å². The molecule has 1 aromatic heterocycles. The molecule has 1 N–H and O–H groups in total. The van der Waals surface area contributed by atoms with Crippen molar-refractivity contribution in [1.29, 1.82) is 0 Å². The van der Waals surface area contributed by atoms with Crippen molar-refractivity contribution in [3.63, 3.8) is 0 Å². The van der Waals surface area contributed by atoms with Crippen molar-refractivity contribution in [2.75, 3.05) is 19.8 Å². The molecule has 1 aromatic carbocycles. The van der Waals surface area contributed by atoms with Gasteiger partial charge in [-0.15, -0.1) is 0 Å². The highest BCUT2D eigenvalue weighted by Crippen LogP contribution is 2.27. The molecule has 0 saturated heterocycles. The van der Waals surface area contributed by atoms with Crippen molar-refractivity contribution in [1.82, 2.24) is 5.32 Å². The van der Waals surface area contributed by atoms with Crippen LogP contribution in [-0.2, 0) is 4.74 Å². The summed E-state index contributed by atoms with van der Waals surface area (Å²) < 4.78 is 10.8. The maximum atomic E-state index is 12.1. The van der Waals surface area contributed by atoms with E-state index >= 15 is 0 Å². The highest BCUT2D eigenvalue weighted by Gasteiger charge is 2.17. The van der Waals surface area contributed by atoms with Crippen molar-refractivity contribution in [2.45, 2.75) is 20.3 Å². The Morgan fingerprint density at radius 1 is 1.45 bits per heavy atom. The van der Waals surface area contributed by atoms with E-state index in [1.807, 2.05) is 19.9 Å². The fourth-order valence-electron chi connectivity index (χ4n) is 2.01. The summed E-state index contributed by atoms with van der Waals surface area (Å²) in [7, 11) is 0. The fourth-order valence-corrected chi connectivity index (χ4v) is 2.18. The zero-order valence-electron chi connectivity index (χ0n) is 11.7. The van der Waals surface area contributed by atoms with Crippen molar-refractivity contribution in [2.24, 2.45) is 0 Å². The predicted molar refractivity (Wildman–Crippen MR) is 79.4 cm³/mol. The fraction of sp³-hybridized carbons (Fsp3) is 0.400. The molecule has 0 aliphatic carbocycles. The van der Waals surface area contributed by atoms with E-state index in [4.69, 9.17) is 20.8 Å². The third kappa shape index (κ3) is 3.32. The van der Waals surface area contributed by atoms with Gasteiger partial charge in [-0.05, 0) is 38.5 Å². The number of carbonyl (C=O) groups excluding carboxylic acids is 1. The first-order chi connectivity index (χ1) is 9.63. The van der Waals surface area contributed by atoms with E-state index < -0.39 is 0 Å². The van der Waals surface area contributed by atoms with Gasteiger partial charge in [0.05, 0.1) is 0 Å². The Morgan fingerprint density at radius 3 is 3.00 bits per heavy atom. The summed E-state index contributed by atoms with van der Waals surface area (Å²) in [4.78, 5) is 12.1. The van der Waals surface area contributed by atoms with Crippen LogP contribution in [0.2, 0.25) is 5.02 Å². The van der Waals surface area contributed by atoms with E-state index in [0.717, 1.165) is 17.4 Å². The quantitative estimate of drug-likeness (QED) is 0.829. The summed E-state index contributed by atoms with van der Waals surface area (Å²) in [6.45, 7) is 5.71. The third-order valence-corrected chi connectivity index (χ3v) is 3.29. The highest BCUT2D eigenvalue weighted by molar-refractivity contribution is 6.31. The van der Waals surface area contributed by atoms with Crippen LogP contribution < -0.4 is 5.32 Å². The van der Waals surface area contributed by atoms with Gasteiger partial charge in [0.15, 0.2) is 5.76 Å². The number of halogens is 1. The van der Waals surface area contributed by atoms with Crippen LogP contribution in [0.1, 0.15) is 29.5 Å². The molecule has 2 aromatic rings. The Balaban J connectivity index is 2.05. The minimum Gasteiger partial charge on any atom is -0.451 e. The molecule has 0 aliphatic rings. The largest absolute Gasteiger partial charge is 0.451 e. The summed E-state index contributed by atoms with van der Waals surface area (Å²) in [6, 6.07) is 5.33. The summed E-state index contributed by atoms with van der Waals surface area (Å²) in [5.74, 6) is 0.144. The lowest BCUT2D eigenvalue weighted by atomic mass is 10.1. The number of fused-ring (bicyclic) bond motifs is 1. The minimum atomic E-state index is -0.202. The number of benzene rings is 1. The van der Waals surface area contributed by atoms with E-state index in [1.165, 1.54) is 0 Å². The number of hydrogen-bond acceptors (Lipinski definition) is 3. The topological polar surface area (TPSA) is 51.5 Å². The SMILES string of the molecule is CCOCCCNC(=O)c1oc2ccc(Cl)cc2c1C. The van der Waals surface area contributed by atoms with Crippen molar-refractivity contribution in [3.05, 3.63) is 34.5 Å². The van der Waals surface area contributed by atoms with Crippen molar-refractivity contribution < 1.29 is 13.9 Å². The average molecular weight is 296 g/mol. The number of aryl methyl sites for hydroxylation is 1. The third-order valence-electron chi connectivity index (χ3n) is 3.06. The molecule has 0 saturated carbocycles. The highest BCUT2D eigenvalue weighted by atomic mass is 35.5. The van der Waals surface area contributed by atoms with Crippen molar-refractivity contribution >= 4 is 28.5 Å². The maximum Gasteiger partial charge on any atom is 0.287 e. The van der Waals surface area contributed by atoms with Crippen LogP contribution in [0.25, 0.3) is 11.0 Å². The standard InChI is InChI=1S/C15H18ClNO3/c1-3-19-8-4-7-17-15(18)14-10(2)12-9-11(16)5-6-13(12)20-14/h5-6,9H,3-4,7-8H2,1-2H3,(H,17,18). The number of rotatable bonds is 6. The Morgan fingerprint density at radius 2 is 2.25 bits per heavy atom. The van der Waals surface area contributed by atoms with Gasteiger partial charge in [-0.2, -0.15) is 0 Å². The van der Waals surface area contributed by atoms with E-state index in [0.29, 0.717) is 36.1 Å². The van der Waals surface area contributed by atoms with Crippen LogP contribution in [0, 0.1) is 6.92 Å². The first-order valence-electron chi connectivity index (χ1n) is 6.68. The normalized spacial score (nSPS) is 10.9. The van der Waals surface area contributed by atoms with Gasteiger partial charge in [-0.1, -0.05) is 11.6 Å². The van der Waals surface area contributed by atoms with Crippen LogP contribution in [0.15, 0.2) is 22.6 Å². The summed E-state index contributed by atoms with van der Waals surface area (Å²) in [5.41, 5.74) is 1.48. The monoisotopic (exact) mass is 295 g/mol. The number of amides is 1. The Hall–Kier alpha value is -1.52. The van der Waals surface area contributed by atoms with Gasteiger partial charge in [-0.25, -0.2) is 0 Å². The predicted octanol–water partition coefficient (Wildman–Crippen LogP) is 3.55. The molecule has 4 nitrogen and oxygen atoms in total. The van der Waals surface area contributed by atoms with E-state index in [1.54, 1.807) is 12.1 Å². The molecule has 5 heteroatoms. The molecule has 0 fully saturated rings. The Labute approximate surface area is 123 Å². The Bertz CT molecular complexity index is 606. The zero-order valence-corrected chi connectivity index (χ0v) is 12.4. The van der Waals surface area contributed by atoms with Gasteiger partial charge < -0.3 is 14.5 Å². The van der Waals surface area contributed by atoms with Gasteiger partial charge in [0.2, 0.25) is 0 Å². The molecule has 0 unspecified atom stereocenters. The second kappa shape index (κ2) is 6.77. The second-order valence-corrected chi connectivity index (χ2v) is 4.94.